The van der Waals surface area contributed by atoms with Gasteiger partial charge in [0, 0.05) is 21.7 Å². The van der Waals surface area contributed by atoms with Crippen LogP contribution in [0.3, 0.4) is 0 Å². The van der Waals surface area contributed by atoms with Crippen molar-refractivity contribution >= 4 is 68.7 Å². The molecule has 0 fully saturated rings. The van der Waals surface area contributed by atoms with Gasteiger partial charge in [-0.3, -0.25) is 4.68 Å². The topological polar surface area (TPSA) is 68.2 Å². The molecule has 0 saturated heterocycles. The van der Waals surface area contributed by atoms with E-state index in [1.165, 1.54) is 11.3 Å². The van der Waals surface area contributed by atoms with Crippen LogP contribution in [-0.4, -0.2) is 27.5 Å². The van der Waals surface area contributed by atoms with E-state index in [0.29, 0.717) is 33.0 Å². The molecule has 2 heterocycles. The van der Waals surface area contributed by atoms with Gasteiger partial charge >= 0.3 is 5.97 Å². The van der Waals surface area contributed by atoms with E-state index in [4.69, 9.17) is 40.2 Å². The highest BCUT2D eigenvalue weighted by Gasteiger charge is 2.25. The van der Waals surface area contributed by atoms with Crippen LogP contribution in [-0.2, 0) is 11.3 Å². The van der Waals surface area contributed by atoms with Crippen LogP contribution in [0.5, 0.6) is 0 Å². The number of halogens is 2. The standard InChI is InChI=1S/C25H22Cl2N4O2S2/c1-3-33-24(32)21-20(16-9-5-4-6-10-16)15(2)35-23(21)29-25(34)28-22-19(27)14-31(30-22)13-17-11-7-8-12-18(17)26/h4-12,14H,3,13H2,1-2H3,(H2,28,29,30,34). The summed E-state index contributed by atoms with van der Waals surface area (Å²) < 4.78 is 7.03. The smallest absolute Gasteiger partial charge is 0.341 e. The number of carbonyl (C=O) groups is 1. The highest BCUT2D eigenvalue weighted by molar-refractivity contribution is 7.80. The van der Waals surface area contributed by atoms with Gasteiger partial charge in [-0.25, -0.2) is 4.79 Å². The predicted octanol–water partition coefficient (Wildman–Crippen LogP) is 7.26. The summed E-state index contributed by atoms with van der Waals surface area (Å²) in [6.07, 6.45) is 1.70. The first kappa shape index (κ1) is 25.2. The molecule has 2 aromatic heterocycles. The molecule has 0 spiro atoms. The number of thiocarbonyl (C=S) groups is 1. The minimum Gasteiger partial charge on any atom is -0.462 e. The van der Waals surface area contributed by atoms with Gasteiger partial charge in [-0.05, 0) is 43.3 Å². The minimum absolute atomic E-state index is 0.251. The van der Waals surface area contributed by atoms with Gasteiger partial charge in [-0.1, -0.05) is 71.7 Å². The van der Waals surface area contributed by atoms with Gasteiger partial charge in [0.1, 0.15) is 15.6 Å². The highest BCUT2D eigenvalue weighted by Crippen LogP contribution is 2.40. The molecule has 0 bridgehead atoms. The van der Waals surface area contributed by atoms with Gasteiger partial charge in [-0.15, -0.1) is 11.3 Å². The van der Waals surface area contributed by atoms with E-state index < -0.39 is 5.97 Å². The van der Waals surface area contributed by atoms with Crippen molar-refractivity contribution in [3.63, 3.8) is 0 Å². The lowest BCUT2D eigenvalue weighted by Gasteiger charge is -2.11. The predicted molar refractivity (Wildman–Crippen MR) is 148 cm³/mol. The van der Waals surface area contributed by atoms with Crippen LogP contribution in [0.1, 0.15) is 27.7 Å². The third kappa shape index (κ3) is 5.85. The number of esters is 1. The molecule has 0 amide bonds. The summed E-state index contributed by atoms with van der Waals surface area (Å²) in [5, 5.41) is 12.5. The summed E-state index contributed by atoms with van der Waals surface area (Å²) in [4.78, 5) is 13.9. The number of nitrogens with zero attached hydrogens (tertiary/aromatic N) is 2. The maximum absolute atomic E-state index is 12.9. The monoisotopic (exact) mass is 544 g/mol. The molecule has 4 rings (SSSR count). The first-order valence-corrected chi connectivity index (χ1v) is 12.8. The maximum Gasteiger partial charge on any atom is 0.341 e. The SMILES string of the molecule is CCOC(=O)c1c(NC(=S)Nc2nn(Cc3ccccc3Cl)cc2Cl)sc(C)c1-c1ccccc1. The number of rotatable bonds is 7. The molecule has 2 N–H and O–H groups in total. The number of hydrogen-bond acceptors (Lipinski definition) is 5. The van der Waals surface area contributed by atoms with Gasteiger partial charge in [0.15, 0.2) is 10.9 Å². The number of carbonyl (C=O) groups excluding carboxylic acids is 1. The molecule has 6 nitrogen and oxygen atoms in total. The van der Waals surface area contributed by atoms with Crippen LogP contribution in [0, 0.1) is 6.92 Å². The van der Waals surface area contributed by atoms with Crippen LogP contribution in [0.25, 0.3) is 11.1 Å². The van der Waals surface area contributed by atoms with Crippen molar-refractivity contribution in [2.45, 2.75) is 20.4 Å². The van der Waals surface area contributed by atoms with Crippen molar-refractivity contribution in [1.82, 2.24) is 9.78 Å². The minimum atomic E-state index is -0.414. The Bertz CT molecular complexity index is 1370. The molecule has 0 aliphatic carbocycles. The van der Waals surface area contributed by atoms with E-state index in [1.54, 1.807) is 17.8 Å². The van der Waals surface area contributed by atoms with Crippen molar-refractivity contribution in [1.29, 1.82) is 0 Å². The Morgan fingerprint density at radius 2 is 1.80 bits per heavy atom. The van der Waals surface area contributed by atoms with Crippen LogP contribution in [0.2, 0.25) is 10.0 Å². The summed E-state index contributed by atoms with van der Waals surface area (Å²) in [5.41, 5.74) is 3.11. The summed E-state index contributed by atoms with van der Waals surface area (Å²) in [6.45, 7) is 4.46. The summed E-state index contributed by atoms with van der Waals surface area (Å²) >= 11 is 19.6. The van der Waals surface area contributed by atoms with Crippen molar-refractivity contribution in [2.24, 2.45) is 0 Å². The zero-order valence-corrected chi connectivity index (χ0v) is 22.1. The summed E-state index contributed by atoms with van der Waals surface area (Å²) in [5.74, 6) is -0.0199. The van der Waals surface area contributed by atoms with Crippen molar-refractivity contribution in [3.05, 3.63) is 86.8 Å². The Balaban J connectivity index is 1.56. The molecule has 0 radical (unpaired) electrons. The van der Waals surface area contributed by atoms with Crippen molar-refractivity contribution in [3.8, 4) is 11.1 Å². The zero-order chi connectivity index (χ0) is 24.9. The number of aromatic nitrogens is 2. The number of thiophene rings is 1. The molecule has 0 atom stereocenters. The molecule has 2 aromatic carbocycles. The lowest BCUT2D eigenvalue weighted by atomic mass is 10.0. The number of benzene rings is 2. The summed E-state index contributed by atoms with van der Waals surface area (Å²) in [6, 6.07) is 17.3. The molecule has 0 aliphatic heterocycles. The average molecular weight is 546 g/mol. The fourth-order valence-corrected chi connectivity index (χ4v) is 5.31. The van der Waals surface area contributed by atoms with Gasteiger partial charge in [0.25, 0.3) is 0 Å². The third-order valence-corrected chi connectivity index (χ3v) is 6.96. The average Bonchev–Trinajstić information content (AvgIpc) is 3.34. The van der Waals surface area contributed by atoms with Crippen LogP contribution in [0.15, 0.2) is 60.8 Å². The van der Waals surface area contributed by atoms with E-state index in [0.717, 1.165) is 21.6 Å². The van der Waals surface area contributed by atoms with Crippen LogP contribution < -0.4 is 10.6 Å². The van der Waals surface area contributed by atoms with E-state index in [1.807, 2.05) is 61.5 Å². The molecule has 35 heavy (non-hydrogen) atoms. The number of nitrogens with one attached hydrogen (secondary N) is 2. The first-order valence-electron chi connectivity index (χ1n) is 10.8. The highest BCUT2D eigenvalue weighted by atomic mass is 35.5. The largest absolute Gasteiger partial charge is 0.462 e. The van der Waals surface area contributed by atoms with E-state index >= 15 is 0 Å². The third-order valence-electron chi connectivity index (χ3n) is 5.09. The van der Waals surface area contributed by atoms with Gasteiger partial charge in [-0.2, -0.15) is 5.10 Å². The van der Waals surface area contributed by atoms with Crippen molar-refractivity contribution < 1.29 is 9.53 Å². The fourth-order valence-electron chi connectivity index (χ4n) is 3.59. The van der Waals surface area contributed by atoms with E-state index in [-0.39, 0.29) is 11.7 Å². The normalized spacial score (nSPS) is 10.7. The van der Waals surface area contributed by atoms with E-state index in [9.17, 15) is 4.79 Å². The Labute approximate surface area is 222 Å². The number of ether oxygens (including phenoxy) is 1. The lowest BCUT2D eigenvalue weighted by molar-refractivity contribution is 0.0529. The van der Waals surface area contributed by atoms with Gasteiger partial charge in [0.2, 0.25) is 0 Å². The molecule has 4 aromatic rings. The molecule has 0 unspecified atom stereocenters. The van der Waals surface area contributed by atoms with Crippen LogP contribution >= 0.6 is 46.8 Å². The quantitative estimate of drug-likeness (QED) is 0.188. The number of hydrogen-bond donors (Lipinski definition) is 2. The molecular weight excluding hydrogens is 523 g/mol. The molecule has 0 aliphatic rings. The zero-order valence-electron chi connectivity index (χ0n) is 19.0. The fraction of sp³-hybridized carbons (Fsp3) is 0.160. The Morgan fingerprint density at radius 1 is 1.09 bits per heavy atom. The second kappa shape index (κ2) is 11.2. The molecule has 0 saturated carbocycles. The van der Waals surface area contributed by atoms with Gasteiger partial charge < -0.3 is 15.4 Å². The summed E-state index contributed by atoms with van der Waals surface area (Å²) in [7, 11) is 0. The van der Waals surface area contributed by atoms with Crippen molar-refractivity contribution in [2.75, 3.05) is 17.2 Å². The molecular formula is C25H22Cl2N4O2S2. The number of anilines is 2. The number of aryl methyl sites for hydroxylation is 1. The Morgan fingerprint density at radius 3 is 2.51 bits per heavy atom. The van der Waals surface area contributed by atoms with Gasteiger partial charge in [0.05, 0.1) is 13.2 Å². The maximum atomic E-state index is 12.9. The Kier molecular flexibility index (Phi) is 8.07. The Hall–Kier alpha value is -2.91. The second-order valence-corrected chi connectivity index (χ2v) is 9.97. The van der Waals surface area contributed by atoms with E-state index in [2.05, 4.69) is 15.7 Å². The molecule has 10 heteroatoms. The second-order valence-electron chi connectivity index (χ2n) is 7.52. The first-order chi connectivity index (χ1) is 16.9. The molecule has 180 valence electrons. The van der Waals surface area contributed by atoms with Crippen LogP contribution in [0.4, 0.5) is 10.8 Å². The lowest BCUT2D eigenvalue weighted by Crippen LogP contribution is -2.21.